The van der Waals surface area contributed by atoms with Crippen molar-refractivity contribution < 1.29 is 4.79 Å². The van der Waals surface area contributed by atoms with E-state index in [0.717, 1.165) is 0 Å². The largest absolute Gasteiger partial charge is 0.333 e. The predicted molar refractivity (Wildman–Crippen MR) is 75.1 cm³/mol. The molecule has 0 saturated carbocycles. The molecule has 0 radical (unpaired) electrons. The second kappa shape index (κ2) is 6.10. The molecule has 0 heterocycles. The standard InChI is InChI=1S/C14H21NOS/c1-14(2,3)15(13(16)11-17-4)10-12-8-6-5-7-9-12/h5-9H,10-11H2,1-4H3. The Hall–Kier alpha value is -0.960. The maximum Gasteiger partial charge on any atom is 0.233 e. The van der Waals surface area contributed by atoms with Crippen LogP contribution < -0.4 is 0 Å². The molecule has 0 fully saturated rings. The van der Waals surface area contributed by atoms with Gasteiger partial charge in [0.25, 0.3) is 0 Å². The van der Waals surface area contributed by atoms with Crippen LogP contribution in [-0.4, -0.2) is 28.4 Å². The van der Waals surface area contributed by atoms with Gasteiger partial charge in [-0.2, -0.15) is 11.8 Å². The molecular weight excluding hydrogens is 230 g/mol. The first-order chi connectivity index (χ1) is 7.95. The SMILES string of the molecule is CSCC(=O)N(Cc1ccccc1)C(C)(C)C. The van der Waals surface area contributed by atoms with Crippen LogP contribution in [-0.2, 0) is 11.3 Å². The topological polar surface area (TPSA) is 20.3 Å². The third-order valence-corrected chi connectivity index (χ3v) is 3.10. The van der Waals surface area contributed by atoms with Crippen LogP contribution in [0.15, 0.2) is 30.3 Å². The molecular formula is C14H21NOS. The molecule has 0 aliphatic carbocycles. The number of carbonyl (C=O) groups is 1. The van der Waals surface area contributed by atoms with E-state index in [-0.39, 0.29) is 11.4 Å². The van der Waals surface area contributed by atoms with Crippen molar-refractivity contribution in [2.75, 3.05) is 12.0 Å². The molecule has 0 aromatic heterocycles. The molecule has 1 aromatic carbocycles. The highest BCUT2D eigenvalue weighted by atomic mass is 32.2. The fraction of sp³-hybridized carbons (Fsp3) is 0.500. The van der Waals surface area contributed by atoms with E-state index < -0.39 is 0 Å². The van der Waals surface area contributed by atoms with Crippen LogP contribution in [0.4, 0.5) is 0 Å². The van der Waals surface area contributed by atoms with E-state index in [4.69, 9.17) is 0 Å². The molecule has 1 amide bonds. The maximum absolute atomic E-state index is 12.1. The van der Waals surface area contributed by atoms with E-state index in [1.807, 2.05) is 29.4 Å². The molecule has 0 bridgehead atoms. The molecule has 94 valence electrons. The van der Waals surface area contributed by atoms with Crippen molar-refractivity contribution in [3.8, 4) is 0 Å². The van der Waals surface area contributed by atoms with E-state index in [1.165, 1.54) is 5.56 Å². The van der Waals surface area contributed by atoms with Gasteiger partial charge in [0.2, 0.25) is 5.91 Å². The molecule has 17 heavy (non-hydrogen) atoms. The zero-order valence-electron chi connectivity index (χ0n) is 11.1. The first-order valence-electron chi connectivity index (χ1n) is 5.78. The Kier molecular flexibility index (Phi) is 5.06. The summed E-state index contributed by atoms with van der Waals surface area (Å²) < 4.78 is 0. The fourth-order valence-electron chi connectivity index (χ4n) is 1.67. The Morgan fingerprint density at radius 1 is 1.24 bits per heavy atom. The number of thioether (sulfide) groups is 1. The Bertz CT molecular complexity index is 356. The molecule has 0 unspecified atom stereocenters. The Morgan fingerprint density at radius 3 is 2.29 bits per heavy atom. The zero-order chi connectivity index (χ0) is 12.9. The summed E-state index contributed by atoms with van der Waals surface area (Å²) in [5, 5.41) is 0. The van der Waals surface area contributed by atoms with Crippen molar-refractivity contribution in [2.45, 2.75) is 32.9 Å². The average molecular weight is 251 g/mol. The van der Waals surface area contributed by atoms with Gasteiger partial charge in [-0.05, 0) is 32.6 Å². The third-order valence-electron chi connectivity index (χ3n) is 2.56. The molecule has 3 heteroatoms. The minimum Gasteiger partial charge on any atom is -0.333 e. The number of benzene rings is 1. The maximum atomic E-state index is 12.1. The van der Waals surface area contributed by atoms with Gasteiger partial charge in [0, 0.05) is 12.1 Å². The summed E-state index contributed by atoms with van der Waals surface area (Å²) in [5.41, 5.74) is 1.04. The Labute approximate surface area is 108 Å². The smallest absolute Gasteiger partial charge is 0.233 e. The fourth-order valence-corrected chi connectivity index (χ4v) is 2.07. The van der Waals surface area contributed by atoms with Gasteiger partial charge in [-0.3, -0.25) is 4.79 Å². The zero-order valence-corrected chi connectivity index (χ0v) is 11.9. The number of carbonyl (C=O) groups excluding carboxylic acids is 1. The van der Waals surface area contributed by atoms with Crippen molar-refractivity contribution in [1.29, 1.82) is 0 Å². The molecule has 2 nitrogen and oxygen atoms in total. The highest BCUT2D eigenvalue weighted by molar-refractivity contribution is 7.99. The minimum atomic E-state index is -0.136. The summed E-state index contributed by atoms with van der Waals surface area (Å²) in [7, 11) is 0. The molecule has 0 aliphatic heterocycles. The lowest BCUT2D eigenvalue weighted by Crippen LogP contribution is -2.45. The number of amides is 1. The number of hydrogen-bond donors (Lipinski definition) is 0. The first kappa shape index (κ1) is 14.1. The second-order valence-corrected chi connectivity index (χ2v) is 5.94. The van der Waals surface area contributed by atoms with E-state index >= 15 is 0 Å². The summed E-state index contributed by atoms with van der Waals surface area (Å²) in [6.45, 7) is 6.92. The van der Waals surface area contributed by atoms with Crippen LogP contribution in [0.3, 0.4) is 0 Å². The second-order valence-electron chi connectivity index (χ2n) is 5.07. The van der Waals surface area contributed by atoms with Crippen molar-refractivity contribution >= 4 is 17.7 Å². The molecule has 0 atom stereocenters. The van der Waals surface area contributed by atoms with Crippen molar-refractivity contribution in [3.05, 3.63) is 35.9 Å². The third kappa shape index (κ3) is 4.43. The van der Waals surface area contributed by atoms with Crippen LogP contribution in [0.2, 0.25) is 0 Å². The highest BCUT2D eigenvalue weighted by Crippen LogP contribution is 2.18. The number of nitrogens with zero attached hydrogens (tertiary/aromatic N) is 1. The number of rotatable bonds is 4. The van der Waals surface area contributed by atoms with Crippen LogP contribution >= 0.6 is 11.8 Å². The van der Waals surface area contributed by atoms with E-state index in [9.17, 15) is 4.79 Å². The van der Waals surface area contributed by atoms with Gasteiger partial charge in [-0.15, -0.1) is 0 Å². The summed E-state index contributed by atoms with van der Waals surface area (Å²) in [5.74, 6) is 0.748. The van der Waals surface area contributed by atoms with Crippen LogP contribution in [0.25, 0.3) is 0 Å². The lowest BCUT2D eigenvalue weighted by Gasteiger charge is -2.36. The predicted octanol–water partition coefficient (Wildman–Crippen LogP) is 3.18. The molecule has 0 N–H and O–H groups in total. The normalized spacial score (nSPS) is 11.3. The molecule has 1 aromatic rings. The van der Waals surface area contributed by atoms with Gasteiger partial charge in [-0.25, -0.2) is 0 Å². The van der Waals surface area contributed by atoms with Gasteiger partial charge in [0.15, 0.2) is 0 Å². The van der Waals surface area contributed by atoms with Gasteiger partial charge in [-0.1, -0.05) is 30.3 Å². The van der Waals surface area contributed by atoms with E-state index in [1.54, 1.807) is 11.8 Å². The van der Waals surface area contributed by atoms with Crippen molar-refractivity contribution in [1.82, 2.24) is 4.90 Å². The van der Waals surface area contributed by atoms with Crippen molar-refractivity contribution in [3.63, 3.8) is 0 Å². The van der Waals surface area contributed by atoms with E-state index in [0.29, 0.717) is 12.3 Å². The van der Waals surface area contributed by atoms with E-state index in [2.05, 4.69) is 32.9 Å². The monoisotopic (exact) mass is 251 g/mol. The summed E-state index contributed by atoms with van der Waals surface area (Å²) in [6, 6.07) is 10.1. The first-order valence-corrected chi connectivity index (χ1v) is 7.18. The molecule has 0 saturated heterocycles. The molecule has 1 rings (SSSR count). The van der Waals surface area contributed by atoms with Crippen LogP contribution in [0, 0.1) is 0 Å². The van der Waals surface area contributed by atoms with Crippen LogP contribution in [0.5, 0.6) is 0 Å². The van der Waals surface area contributed by atoms with Gasteiger partial charge in [0.05, 0.1) is 5.75 Å². The quantitative estimate of drug-likeness (QED) is 0.819. The van der Waals surface area contributed by atoms with Gasteiger partial charge in [0.1, 0.15) is 0 Å². The Morgan fingerprint density at radius 2 is 1.82 bits per heavy atom. The molecule has 0 aliphatic rings. The summed E-state index contributed by atoms with van der Waals surface area (Å²) in [4.78, 5) is 14.0. The van der Waals surface area contributed by atoms with Crippen molar-refractivity contribution in [2.24, 2.45) is 0 Å². The molecule has 0 spiro atoms. The lowest BCUT2D eigenvalue weighted by atomic mass is 10.0. The van der Waals surface area contributed by atoms with Crippen LogP contribution in [0.1, 0.15) is 26.3 Å². The Balaban J connectivity index is 2.82. The highest BCUT2D eigenvalue weighted by Gasteiger charge is 2.25. The van der Waals surface area contributed by atoms with Gasteiger partial charge < -0.3 is 4.90 Å². The van der Waals surface area contributed by atoms with Gasteiger partial charge >= 0.3 is 0 Å². The number of hydrogen-bond acceptors (Lipinski definition) is 2. The average Bonchev–Trinajstić information content (AvgIpc) is 2.26. The summed E-state index contributed by atoms with van der Waals surface area (Å²) in [6.07, 6.45) is 1.96. The minimum absolute atomic E-state index is 0.136. The lowest BCUT2D eigenvalue weighted by molar-refractivity contribution is -0.133. The summed E-state index contributed by atoms with van der Waals surface area (Å²) >= 11 is 1.57.